The van der Waals surface area contributed by atoms with Crippen molar-refractivity contribution >= 4 is 23.7 Å². The summed E-state index contributed by atoms with van der Waals surface area (Å²) in [5, 5.41) is 5.21. The van der Waals surface area contributed by atoms with Crippen LogP contribution in [-0.2, 0) is 11.3 Å². The molecule has 0 aliphatic heterocycles. The zero-order valence-corrected chi connectivity index (χ0v) is 11.0. The predicted molar refractivity (Wildman–Crippen MR) is 72.1 cm³/mol. The van der Waals surface area contributed by atoms with Crippen LogP contribution < -0.4 is 16.4 Å². The van der Waals surface area contributed by atoms with Gasteiger partial charge in [-0.25, -0.2) is 4.79 Å². The number of amides is 3. The molecule has 1 atom stereocenters. The van der Waals surface area contributed by atoms with Gasteiger partial charge in [0.2, 0.25) is 5.91 Å². The van der Waals surface area contributed by atoms with Crippen molar-refractivity contribution in [3.63, 3.8) is 0 Å². The number of aromatic amines is 1. The van der Waals surface area contributed by atoms with E-state index >= 15 is 0 Å². The van der Waals surface area contributed by atoms with Crippen LogP contribution in [-0.4, -0.2) is 35.0 Å². The maximum Gasteiger partial charge on any atom is 0.312 e. The third kappa shape index (κ3) is 5.13. The SMILES string of the molecule is CSCCC(NC(N)=O)C(=O)NCc1cc[nH]c1. The molecule has 100 valence electrons. The number of carbonyl (C=O) groups is 2. The zero-order chi connectivity index (χ0) is 13.4. The molecule has 18 heavy (non-hydrogen) atoms. The third-order valence-corrected chi connectivity index (χ3v) is 3.02. The van der Waals surface area contributed by atoms with Gasteiger partial charge in [0.1, 0.15) is 6.04 Å². The number of carbonyl (C=O) groups excluding carboxylic acids is 2. The minimum absolute atomic E-state index is 0.218. The lowest BCUT2D eigenvalue weighted by Gasteiger charge is -2.16. The lowest BCUT2D eigenvalue weighted by atomic mass is 10.2. The topological polar surface area (TPSA) is 100 Å². The van der Waals surface area contributed by atoms with Crippen molar-refractivity contribution in [3.8, 4) is 0 Å². The Morgan fingerprint density at radius 1 is 1.56 bits per heavy atom. The fraction of sp³-hybridized carbons (Fsp3) is 0.455. The van der Waals surface area contributed by atoms with E-state index in [4.69, 9.17) is 5.73 Å². The minimum atomic E-state index is -0.683. The summed E-state index contributed by atoms with van der Waals surface area (Å²) >= 11 is 1.61. The summed E-state index contributed by atoms with van der Waals surface area (Å²) in [5.74, 6) is 0.562. The average molecular weight is 270 g/mol. The Bertz CT molecular complexity index is 380. The van der Waals surface area contributed by atoms with Crippen LogP contribution in [0.2, 0.25) is 0 Å². The van der Waals surface area contributed by atoms with Gasteiger partial charge in [0.05, 0.1) is 0 Å². The van der Waals surface area contributed by atoms with Gasteiger partial charge >= 0.3 is 6.03 Å². The number of nitrogens with two attached hydrogens (primary N) is 1. The van der Waals surface area contributed by atoms with Crippen molar-refractivity contribution in [3.05, 3.63) is 24.0 Å². The van der Waals surface area contributed by atoms with Crippen LogP contribution in [0.25, 0.3) is 0 Å². The first-order valence-corrected chi connectivity index (χ1v) is 6.97. The van der Waals surface area contributed by atoms with Crippen LogP contribution in [0.4, 0.5) is 4.79 Å². The van der Waals surface area contributed by atoms with E-state index in [1.165, 1.54) is 0 Å². The number of hydrogen-bond donors (Lipinski definition) is 4. The fourth-order valence-electron chi connectivity index (χ4n) is 1.46. The molecule has 0 aliphatic rings. The van der Waals surface area contributed by atoms with Crippen LogP contribution in [0, 0.1) is 0 Å². The van der Waals surface area contributed by atoms with Gasteiger partial charge in [-0.05, 0) is 30.1 Å². The van der Waals surface area contributed by atoms with E-state index in [9.17, 15) is 9.59 Å². The maximum absolute atomic E-state index is 11.9. The number of aromatic nitrogens is 1. The molecule has 0 saturated heterocycles. The molecule has 0 aliphatic carbocycles. The van der Waals surface area contributed by atoms with Crippen LogP contribution in [0.15, 0.2) is 18.5 Å². The molecule has 1 rings (SSSR count). The molecule has 0 aromatic carbocycles. The van der Waals surface area contributed by atoms with Crippen molar-refractivity contribution in [1.29, 1.82) is 0 Å². The average Bonchev–Trinajstić information content (AvgIpc) is 2.84. The summed E-state index contributed by atoms with van der Waals surface area (Å²) in [7, 11) is 0. The van der Waals surface area contributed by atoms with Gasteiger partial charge in [-0.3, -0.25) is 4.79 Å². The van der Waals surface area contributed by atoms with Gasteiger partial charge < -0.3 is 21.4 Å². The zero-order valence-electron chi connectivity index (χ0n) is 10.2. The van der Waals surface area contributed by atoms with Gasteiger partial charge in [-0.15, -0.1) is 0 Å². The highest BCUT2D eigenvalue weighted by Gasteiger charge is 2.18. The van der Waals surface area contributed by atoms with Crippen molar-refractivity contribution in [2.75, 3.05) is 12.0 Å². The van der Waals surface area contributed by atoms with Gasteiger partial charge in [0.15, 0.2) is 0 Å². The van der Waals surface area contributed by atoms with Crippen LogP contribution in [0.3, 0.4) is 0 Å². The fourth-order valence-corrected chi connectivity index (χ4v) is 1.93. The summed E-state index contributed by atoms with van der Waals surface area (Å²) < 4.78 is 0. The Balaban J connectivity index is 2.44. The number of H-pyrrole nitrogens is 1. The number of hydrogen-bond acceptors (Lipinski definition) is 3. The molecule has 5 N–H and O–H groups in total. The Kier molecular flexibility index (Phi) is 6.13. The normalized spacial score (nSPS) is 11.8. The van der Waals surface area contributed by atoms with Crippen molar-refractivity contribution in [1.82, 2.24) is 15.6 Å². The molecule has 7 heteroatoms. The van der Waals surface area contributed by atoms with E-state index in [0.717, 1.165) is 11.3 Å². The molecular weight excluding hydrogens is 252 g/mol. The molecule has 0 radical (unpaired) electrons. The molecule has 3 amide bonds. The van der Waals surface area contributed by atoms with Gasteiger partial charge in [0, 0.05) is 18.9 Å². The smallest absolute Gasteiger partial charge is 0.312 e. The molecule has 1 aromatic heterocycles. The van der Waals surface area contributed by atoms with E-state index in [-0.39, 0.29) is 5.91 Å². The lowest BCUT2D eigenvalue weighted by Crippen LogP contribution is -2.48. The van der Waals surface area contributed by atoms with Crippen molar-refractivity contribution < 1.29 is 9.59 Å². The highest BCUT2D eigenvalue weighted by molar-refractivity contribution is 7.98. The summed E-state index contributed by atoms with van der Waals surface area (Å²) in [6.45, 7) is 0.429. The molecule has 0 bridgehead atoms. The van der Waals surface area contributed by atoms with E-state index in [0.29, 0.717) is 13.0 Å². The third-order valence-electron chi connectivity index (χ3n) is 2.37. The van der Waals surface area contributed by atoms with E-state index in [2.05, 4.69) is 15.6 Å². The Hall–Kier alpha value is -1.63. The largest absolute Gasteiger partial charge is 0.367 e. The van der Waals surface area contributed by atoms with Crippen LogP contribution in [0.5, 0.6) is 0 Å². The first kappa shape index (κ1) is 14.4. The molecule has 6 nitrogen and oxygen atoms in total. The van der Waals surface area contributed by atoms with Crippen molar-refractivity contribution in [2.24, 2.45) is 5.73 Å². The van der Waals surface area contributed by atoms with Crippen LogP contribution >= 0.6 is 11.8 Å². The van der Waals surface area contributed by atoms with E-state index in [1.807, 2.05) is 12.3 Å². The molecule has 1 unspecified atom stereocenters. The first-order chi connectivity index (χ1) is 8.63. The number of nitrogens with one attached hydrogen (secondary N) is 3. The number of thioether (sulfide) groups is 1. The predicted octanol–water partition coefficient (Wildman–Crippen LogP) is 0.421. The number of primary amides is 1. The second-order valence-corrected chi connectivity index (χ2v) is 4.77. The second-order valence-electron chi connectivity index (χ2n) is 3.78. The second kappa shape index (κ2) is 7.65. The summed E-state index contributed by atoms with van der Waals surface area (Å²) in [6, 6.07) is 0.616. The molecule has 1 heterocycles. The summed E-state index contributed by atoms with van der Waals surface area (Å²) in [6.07, 6.45) is 6.09. The van der Waals surface area contributed by atoms with E-state index < -0.39 is 12.1 Å². The Morgan fingerprint density at radius 3 is 2.89 bits per heavy atom. The molecule has 0 saturated carbocycles. The molecule has 0 spiro atoms. The van der Waals surface area contributed by atoms with Gasteiger partial charge in [-0.2, -0.15) is 11.8 Å². The Labute approximate surface area is 110 Å². The summed E-state index contributed by atoms with van der Waals surface area (Å²) in [5.41, 5.74) is 6.03. The van der Waals surface area contributed by atoms with E-state index in [1.54, 1.807) is 24.2 Å². The molecule has 0 fully saturated rings. The standard InChI is InChI=1S/C11H18N4O2S/c1-18-5-3-9(15-11(12)17)10(16)14-7-8-2-4-13-6-8/h2,4,6,9,13H,3,5,7H2,1H3,(H,14,16)(H3,12,15,17). The number of rotatable bonds is 7. The van der Waals surface area contributed by atoms with Crippen molar-refractivity contribution in [2.45, 2.75) is 19.0 Å². The first-order valence-electron chi connectivity index (χ1n) is 5.57. The van der Waals surface area contributed by atoms with Crippen LogP contribution in [0.1, 0.15) is 12.0 Å². The summed E-state index contributed by atoms with van der Waals surface area (Å²) in [4.78, 5) is 25.6. The number of urea groups is 1. The highest BCUT2D eigenvalue weighted by atomic mass is 32.2. The van der Waals surface area contributed by atoms with Gasteiger partial charge in [-0.1, -0.05) is 0 Å². The maximum atomic E-state index is 11.9. The molecular formula is C11H18N4O2S. The van der Waals surface area contributed by atoms with Gasteiger partial charge in [0.25, 0.3) is 0 Å². The quantitative estimate of drug-likeness (QED) is 0.577. The Morgan fingerprint density at radius 2 is 2.33 bits per heavy atom. The molecule has 1 aromatic rings. The monoisotopic (exact) mass is 270 g/mol. The minimum Gasteiger partial charge on any atom is -0.367 e. The lowest BCUT2D eigenvalue weighted by molar-refractivity contribution is -0.123. The highest BCUT2D eigenvalue weighted by Crippen LogP contribution is 2.02.